The van der Waals surface area contributed by atoms with Gasteiger partial charge in [-0.15, -0.1) is 13.2 Å². The monoisotopic (exact) mass is 401 g/mol. The highest BCUT2D eigenvalue weighted by atomic mass is 19.4. The molecule has 1 aromatic carbocycles. The van der Waals surface area contributed by atoms with Crippen LogP contribution in [0.25, 0.3) is 0 Å². The van der Waals surface area contributed by atoms with Crippen molar-refractivity contribution in [3.8, 4) is 5.75 Å². The van der Waals surface area contributed by atoms with Crippen LogP contribution in [-0.4, -0.2) is 22.8 Å². The zero-order valence-corrected chi connectivity index (χ0v) is 16.0. The Kier molecular flexibility index (Phi) is 7.92. The van der Waals surface area contributed by atoms with Gasteiger partial charge >= 0.3 is 6.36 Å². The Bertz CT molecular complexity index is 802. The second kappa shape index (κ2) is 9.50. The summed E-state index contributed by atoms with van der Waals surface area (Å²) in [6.07, 6.45) is -3.21. The minimum Gasteiger partial charge on any atom is -0.406 e. The molecule has 0 saturated carbocycles. The third-order valence-corrected chi connectivity index (χ3v) is 3.24. The van der Waals surface area contributed by atoms with Crippen molar-refractivity contribution >= 4 is 5.91 Å². The lowest BCUT2D eigenvalue weighted by atomic mass is 10.1. The summed E-state index contributed by atoms with van der Waals surface area (Å²) in [5, 5.41) is 2.99. The maximum Gasteiger partial charge on any atom is 0.573 e. The van der Waals surface area contributed by atoms with Crippen LogP contribution in [0.2, 0.25) is 0 Å². The number of nitrogens with zero attached hydrogens (tertiary/aromatic N) is 1. The van der Waals surface area contributed by atoms with Crippen molar-refractivity contribution in [2.24, 2.45) is 5.73 Å². The molecule has 2 rings (SSSR count). The van der Waals surface area contributed by atoms with Gasteiger partial charge in [0.05, 0.1) is 0 Å². The average molecular weight is 401 g/mol. The smallest absolute Gasteiger partial charge is 0.406 e. The third-order valence-electron chi connectivity index (χ3n) is 3.24. The number of carbonyl (C=O) groups is 1. The zero-order chi connectivity index (χ0) is 21.5. The topological polar surface area (TPSA) is 77.2 Å². The molecule has 2 aromatic rings. The molecule has 0 unspecified atom stereocenters. The predicted octanol–water partition coefficient (Wildman–Crippen LogP) is 4.10. The Hall–Kier alpha value is -2.68. The van der Waals surface area contributed by atoms with Crippen molar-refractivity contribution in [1.29, 1.82) is 0 Å². The molecule has 0 aliphatic heterocycles. The van der Waals surface area contributed by atoms with Crippen LogP contribution in [0.15, 0.2) is 36.5 Å². The molecule has 1 aromatic heterocycles. The summed E-state index contributed by atoms with van der Waals surface area (Å²) >= 11 is 0. The number of nitrogens with one attached hydrogen (secondary N) is 1. The van der Waals surface area contributed by atoms with E-state index in [1.54, 1.807) is 18.3 Å². The van der Waals surface area contributed by atoms with E-state index in [4.69, 9.17) is 5.73 Å². The summed E-state index contributed by atoms with van der Waals surface area (Å²) < 4.78 is 53.2. The van der Waals surface area contributed by atoms with Crippen LogP contribution < -0.4 is 15.8 Å². The SMILES string of the molecule is CC(C)(C)NCc1cc(OC(F)(F)F)ccc1F.Cc1cc(C(N)=O)ccn1. The van der Waals surface area contributed by atoms with Gasteiger partial charge in [0.25, 0.3) is 0 Å². The van der Waals surface area contributed by atoms with E-state index in [9.17, 15) is 22.4 Å². The average Bonchev–Trinajstić information content (AvgIpc) is 2.54. The molecule has 154 valence electrons. The van der Waals surface area contributed by atoms with E-state index in [0.29, 0.717) is 5.56 Å². The summed E-state index contributed by atoms with van der Waals surface area (Å²) in [4.78, 5) is 14.5. The lowest BCUT2D eigenvalue weighted by Crippen LogP contribution is -2.35. The molecule has 1 heterocycles. The number of pyridine rings is 1. The predicted molar refractivity (Wildman–Crippen MR) is 97.2 cm³/mol. The lowest BCUT2D eigenvalue weighted by Gasteiger charge is -2.21. The number of primary amides is 1. The highest BCUT2D eigenvalue weighted by molar-refractivity contribution is 5.92. The molecule has 0 saturated heterocycles. The van der Waals surface area contributed by atoms with Crippen LogP contribution >= 0.6 is 0 Å². The fourth-order valence-corrected chi connectivity index (χ4v) is 1.94. The van der Waals surface area contributed by atoms with Gasteiger partial charge in [-0.05, 0) is 58.0 Å². The van der Waals surface area contributed by atoms with Gasteiger partial charge in [-0.2, -0.15) is 0 Å². The van der Waals surface area contributed by atoms with Crippen molar-refractivity contribution in [3.05, 3.63) is 59.2 Å². The van der Waals surface area contributed by atoms with Gasteiger partial charge < -0.3 is 15.8 Å². The van der Waals surface area contributed by atoms with E-state index in [-0.39, 0.29) is 17.6 Å². The summed E-state index contributed by atoms with van der Waals surface area (Å²) in [5.41, 5.74) is 6.20. The standard InChI is InChI=1S/C12H15F4NO.C7H8N2O/c1-11(2,3)17-7-8-6-9(4-5-10(8)13)18-12(14,15)16;1-5-4-6(7(8)10)2-3-9-5/h4-6,17H,7H2,1-3H3;2-4H,1H3,(H2,8,10). The number of halogens is 4. The van der Waals surface area contributed by atoms with Crippen LogP contribution in [0.5, 0.6) is 5.75 Å². The Balaban J connectivity index is 0.000000330. The summed E-state index contributed by atoms with van der Waals surface area (Å²) in [7, 11) is 0. The zero-order valence-electron chi connectivity index (χ0n) is 16.0. The number of alkyl halides is 3. The molecule has 0 atom stereocenters. The maximum absolute atomic E-state index is 13.4. The van der Waals surface area contributed by atoms with Crippen LogP contribution in [0.4, 0.5) is 17.6 Å². The summed E-state index contributed by atoms with van der Waals surface area (Å²) in [6.45, 7) is 7.57. The van der Waals surface area contributed by atoms with Gasteiger partial charge in [0.2, 0.25) is 5.91 Å². The van der Waals surface area contributed by atoms with Crippen molar-refractivity contribution < 1.29 is 27.1 Å². The molecule has 0 radical (unpaired) electrons. The van der Waals surface area contributed by atoms with E-state index in [1.807, 2.05) is 27.7 Å². The molecule has 0 fully saturated rings. The second-order valence-corrected chi connectivity index (χ2v) is 6.95. The number of nitrogens with two attached hydrogens (primary N) is 1. The van der Waals surface area contributed by atoms with Gasteiger partial charge in [0.1, 0.15) is 11.6 Å². The van der Waals surface area contributed by atoms with Gasteiger partial charge in [0.15, 0.2) is 0 Å². The highest BCUT2D eigenvalue weighted by Gasteiger charge is 2.31. The van der Waals surface area contributed by atoms with E-state index in [0.717, 1.165) is 23.9 Å². The van der Waals surface area contributed by atoms with Gasteiger partial charge in [0, 0.05) is 35.1 Å². The van der Waals surface area contributed by atoms with Crippen LogP contribution in [-0.2, 0) is 6.54 Å². The fourth-order valence-electron chi connectivity index (χ4n) is 1.94. The minimum absolute atomic E-state index is 0.129. The van der Waals surface area contributed by atoms with Gasteiger partial charge in [-0.1, -0.05) is 0 Å². The van der Waals surface area contributed by atoms with Crippen molar-refractivity contribution in [2.45, 2.75) is 46.1 Å². The molecule has 0 spiro atoms. The van der Waals surface area contributed by atoms with Crippen molar-refractivity contribution in [2.75, 3.05) is 0 Å². The quantitative estimate of drug-likeness (QED) is 0.757. The largest absolute Gasteiger partial charge is 0.573 e. The Morgan fingerprint density at radius 2 is 1.82 bits per heavy atom. The molecule has 3 N–H and O–H groups in total. The minimum atomic E-state index is -4.77. The number of carbonyl (C=O) groups excluding carboxylic acids is 1. The number of rotatable bonds is 4. The number of aromatic nitrogens is 1. The number of aryl methyl sites for hydroxylation is 1. The molecule has 0 bridgehead atoms. The summed E-state index contributed by atoms with van der Waals surface area (Å²) in [5.74, 6) is -1.40. The molecule has 5 nitrogen and oxygen atoms in total. The first-order chi connectivity index (χ1) is 12.8. The van der Waals surface area contributed by atoms with Crippen LogP contribution in [0.3, 0.4) is 0 Å². The first-order valence-electron chi connectivity index (χ1n) is 8.28. The van der Waals surface area contributed by atoms with Gasteiger partial charge in [-0.25, -0.2) is 4.39 Å². The number of benzene rings is 1. The molecular weight excluding hydrogens is 378 g/mol. The number of hydrogen-bond acceptors (Lipinski definition) is 4. The highest BCUT2D eigenvalue weighted by Crippen LogP contribution is 2.24. The van der Waals surface area contributed by atoms with Crippen molar-refractivity contribution in [3.63, 3.8) is 0 Å². The second-order valence-electron chi connectivity index (χ2n) is 6.95. The number of amides is 1. The first kappa shape index (κ1) is 23.4. The summed E-state index contributed by atoms with van der Waals surface area (Å²) in [6, 6.07) is 6.20. The van der Waals surface area contributed by atoms with Crippen LogP contribution in [0.1, 0.15) is 42.4 Å². The van der Waals surface area contributed by atoms with E-state index in [1.165, 1.54) is 0 Å². The third kappa shape index (κ3) is 9.31. The molecule has 9 heteroatoms. The Labute approximate surface area is 160 Å². The molecule has 0 aliphatic rings. The molecular formula is C19H23F4N3O2. The maximum atomic E-state index is 13.4. The molecule has 1 amide bonds. The Morgan fingerprint density at radius 3 is 2.29 bits per heavy atom. The van der Waals surface area contributed by atoms with Crippen molar-refractivity contribution in [1.82, 2.24) is 10.3 Å². The van der Waals surface area contributed by atoms with Gasteiger partial charge in [-0.3, -0.25) is 9.78 Å². The normalized spacial score (nSPS) is 11.4. The van der Waals surface area contributed by atoms with E-state index >= 15 is 0 Å². The van der Waals surface area contributed by atoms with Crippen LogP contribution in [0, 0.1) is 12.7 Å². The molecule has 28 heavy (non-hydrogen) atoms. The van der Waals surface area contributed by atoms with E-state index < -0.39 is 23.8 Å². The fraction of sp³-hybridized carbons (Fsp3) is 0.368. The first-order valence-corrected chi connectivity index (χ1v) is 8.28. The van der Waals surface area contributed by atoms with E-state index in [2.05, 4.69) is 15.0 Å². The lowest BCUT2D eigenvalue weighted by molar-refractivity contribution is -0.274. The number of ether oxygens (including phenoxy) is 1. The molecule has 0 aliphatic carbocycles. The Morgan fingerprint density at radius 1 is 1.18 bits per heavy atom. The number of hydrogen-bond donors (Lipinski definition) is 2.